The number of hydrogen-bond donors (Lipinski definition) is 2. The Morgan fingerprint density at radius 3 is 2.48 bits per heavy atom. The van der Waals surface area contributed by atoms with Crippen LogP contribution in [0.3, 0.4) is 0 Å². The lowest BCUT2D eigenvalue weighted by molar-refractivity contribution is 0.122. The first-order valence-electron chi connectivity index (χ1n) is 8.11. The first-order chi connectivity index (χ1) is 12.1. The number of hydrogen-bond acceptors (Lipinski definition) is 4. The molecular formula is C19H17FN2O3. The molecule has 3 aromatic rings. The molecule has 1 aliphatic heterocycles. The van der Waals surface area contributed by atoms with E-state index in [1.165, 1.54) is 12.1 Å². The van der Waals surface area contributed by atoms with E-state index in [9.17, 15) is 14.3 Å². The predicted octanol–water partition coefficient (Wildman–Crippen LogP) is 2.88. The highest BCUT2D eigenvalue weighted by Crippen LogP contribution is 2.33. The van der Waals surface area contributed by atoms with E-state index in [4.69, 9.17) is 4.74 Å². The van der Waals surface area contributed by atoms with Gasteiger partial charge >= 0.3 is 0 Å². The van der Waals surface area contributed by atoms with Crippen molar-refractivity contribution in [3.63, 3.8) is 0 Å². The van der Waals surface area contributed by atoms with E-state index in [0.29, 0.717) is 29.9 Å². The summed E-state index contributed by atoms with van der Waals surface area (Å²) in [6.45, 7) is 3.08. The minimum absolute atomic E-state index is 0.0614. The Morgan fingerprint density at radius 2 is 1.76 bits per heavy atom. The molecule has 1 aromatic heterocycles. The Morgan fingerprint density at radius 1 is 1.04 bits per heavy atom. The summed E-state index contributed by atoms with van der Waals surface area (Å²) >= 11 is 0. The lowest BCUT2D eigenvalue weighted by atomic mass is 10.0. The molecule has 5 nitrogen and oxygen atoms in total. The van der Waals surface area contributed by atoms with Crippen LogP contribution >= 0.6 is 0 Å². The summed E-state index contributed by atoms with van der Waals surface area (Å²) in [7, 11) is 0. The molecule has 0 radical (unpaired) electrons. The van der Waals surface area contributed by atoms with Crippen LogP contribution < -0.4 is 10.5 Å². The van der Waals surface area contributed by atoms with Crippen LogP contribution in [-0.4, -0.2) is 36.4 Å². The zero-order chi connectivity index (χ0) is 17.4. The topological polar surface area (TPSA) is 65.6 Å². The van der Waals surface area contributed by atoms with Gasteiger partial charge in [-0.05, 0) is 30.3 Å². The van der Waals surface area contributed by atoms with Gasteiger partial charge in [0.25, 0.3) is 5.56 Å². The van der Waals surface area contributed by atoms with E-state index >= 15 is 0 Å². The molecule has 0 saturated carbocycles. The molecule has 0 amide bonds. The first-order valence-corrected chi connectivity index (χ1v) is 8.11. The maximum atomic E-state index is 13.3. The van der Waals surface area contributed by atoms with E-state index in [0.717, 1.165) is 24.8 Å². The zero-order valence-electron chi connectivity index (χ0n) is 13.5. The van der Waals surface area contributed by atoms with Gasteiger partial charge in [0, 0.05) is 29.7 Å². The monoisotopic (exact) mass is 340 g/mol. The van der Waals surface area contributed by atoms with E-state index in [-0.39, 0.29) is 11.1 Å². The lowest BCUT2D eigenvalue weighted by Gasteiger charge is -2.28. The van der Waals surface area contributed by atoms with E-state index in [1.807, 2.05) is 24.3 Å². The number of nitrogens with zero attached hydrogens (tertiary/aromatic N) is 1. The highest BCUT2D eigenvalue weighted by Gasteiger charge is 2.15. The number of ether oxygens (including phenoxy) is 1. The van der Waals surface area contributed by atoms with Crippen LogP contribution in [0, 0.1) is 5.82 Å². The third kappa shape index (κ3) is 2.85. The van der Waals surface area contributed by atoms with Gasteiger partial charge < -0.3 is 19.7 Å². The lowest BCUT2D eigenvalue weighted by Crippen LogP contribution is -2.36. The van der Waals surface area contributed by atoms with Gasteiger partial charge in [-0.15, -0.1) is 0 Å². The standard InChI is InChI=1S/C19H17FN2O3/c20-13-3-6-15-16(11-13)19(24)21-17(18(15)23)12-1-4-14(5-2-12)22-7-9-25-10-8-22/h1-6,11,23H,7-10H2,(H,21,24). The number of rotatable bonds is 2. The van der Waals surface area contributed by atoms with Gasteiger partial charge in [0.2, 0.25) is 0 Å². The zero-order valence-corrected chi connectivity index (χ0v) is 13.5. The fraction of sp³-hybridized carbons (Fsp3) is 0.211. The molecule has 2 heterocycles. The summed E-state index contributed by atoms with van der Waals surface area (Å²) in [5.74, 6) is -0.575. The molecule has 0 unspecified atom stereocenters. The number of benzene rings is 2. The maximum absolute atomic E-state index is 13.3. The average molecular weight is 340 g/mol. The largest absolute Gasteiger partial charge is 0.505 e. The van der Waals surface area contributed by atoms with E-state index in [1.54, 1.807) is 0 Å². The predicted molar refractivity (Wildman–Crippen MR) is 94.7 cm³/mol. The average Bonchev–Trinajstić information content (AvgIpc) is 2.65. The fourth-order valence-corrected chi connectivity index (χ4v) is 3.15. The van der Waals surface area contributed by atoms with Crippen molar-refractivity contribution in [3.8, 4) is 17.0 Å². The first kappa shape index (κ1) is 15.7. The van der Waals surface area contributed by atoms with Gasteiger partial charge in [0.1, 0.15) is 11.6 Å². The summed E-state index contributed by atoms with van der Waals surface area (Å²) in [6, 6.07) is 11.4. The summed E-state index contributed by atoms with van der Waals surface area (Å²) in [5, 5.41) is 11.0. The van der Waals surface area contributed by atoms with Crippen molar-refractivity contribution in [2.75, 3.05) is 31.2 Å². The van der Waals surface area contributed by atoms with Crippen LogP contribution in [0.1, 0.15) is 0 Å². The summed E-state index contributed by atoms with van der Waals surface area (Å²) < 4.78 is 18.7. The molecule has 25 heavy (non-hydrogen) atoms. The third-order valence-corrected chi connectivity index (χ3v) is 4.49. The number of pyridine rings is 1. The van der Waals surface area contributed by atoms with Crippen molar-refractivity contribution < 1.29 is 14.2 Å². The highest BCUT2D eigenvalue weighted by atomic mass is 19.1. The molecule has 1 saturated heterocycles. The molecule has 2 N–H and O–H groups in total. The number of halogens is 1. The number of morpholine rings is 1. The van der Waals surface area contributed by atoms with Crippen LogP contribution in [0.25, 0.3) is 22.0 Å². The number of aromatic nitrogens is 1. The summed E-state index contributed by atoms with van der Waals surface area (Å²) in [6.07, 6.45) is 0. The second kappa shape index (κ2) is 6.22. The number of nitrogens with one attached hydrogen (secondary N) is 1. The number of H-pyrrole nitrogens is 1. The number of aromatic amines is 1. The van der Waals surface area contributed by atoms with E-state index < -0.39 is 11.4 Å². The minimum atomic E-state index is -0.514. The number of aromatic hydroxyl groups is 1. The summed E-state index contributed by atoms with van der Waals surface area (Å²) in [4.78, 5) is 17.1. The fourth-order valence-electron chi connectivity index (χ4n) is 3.15. The highest BCUT2D eigenvalue weighted by molar-refractivity contribution is 5.92. The SMILES string of the molecule is O=c1[nH]c(-c2ccc(N3CCOCC3)cc2)c(O)c2ccc(F)cc12. The Kier molecular flexibility index (Phi) is 3.89. The number of anilines is 1. The smallest absolute Gasteiger partial charge is 0.256 e. The Hall–Kier alpha value is -2.86. The molecular weight excluding hydrogens is 323 g/mol. The Labute approximate surface area is 143 Å². The second-order valence-electron chi connectivity index (χ2n) is 6.01. The van der Waals surface area contributed by atoms with Crippen LogP contribution in [0.15, 0.2) is 47.3 Å². The molecule has 0 aliphatic carbocycles. The molecule has 0 atom stereocenters. The van der Waals surface area contributed by atoms with Crippen molar-refractivity contribution in [1.82, 2.24) is 4.98 Å². The molecule has 128 valence electrons. The van der Waals surface area contributed by atoms with Crippen molar-refractivity contribution in [1.29, 1.82) is 0 Å². The normalized spacial score (nSPS) is 14.8. The van der Waals surface area contributed by atoms with Crippen molar-refractivity contribution in [2.45, 2.75) is 0 Å². The molecule has 0 bridgehead atoms. The molecule has 4 rings (SSSR count). The third-order valence-electron chi connectivity index (χ3n) is 4.49. The Bertz CT molecular complexity index is 976. The van der Waals surface area contributed by atoms with Gasteiger partial charge in [-0.25, -0.2) is 4.39 Å². The van der Waals surface area contributed by atoms with E-state index in [2.05, 4.69) is 9.88 Å². The van der Waals surface area contributed by atoms with Crippen LogP contribution in [-0.2, 0) is 4.74 Å². The number of fused-ring (bicyclic) bond motifs is 1. The van der Waals surface area contributed by atoms with Gasteiger partial charge in [-0.1, -0.05) is 12.1 Å². The van der Waals surface area contributed by atoms with Crippen molar-refractivity contribution in [3.05, 3.63) is 58.6 Å². The minimum Gasteiger partial charge on any atom is -0.505 e. The second-order valence-corrected chi connectivity index (χ2v) is 6.01. The van der Waals surface area contributed by atoms with Crippen LogP contribution in [0.2, 0.25) is 0 Å². The molecule has 0 spiro atoms. The Balaban J connectivity index is 1.75. The van der Waals surface area contributed by atoms with Gasteiger partial charge in [-0.2, -0.15) is 0 Å². The van der Waals surface area contributed by atoms with Gasteiger partial charge in [-0.3, -0.25) is 4.79 Å². The van der Waals surface area contributed by atoms with Crippen molar-refractivity contribution in [2.24, 2.45) is 0 Å². The molecule has 6 heteroatoms. The molecule has 1 aliphatic rings. The van der Waals surface area contributed by atoms with Crippen LogP contribution in [0.4, 0.5) is 10.1 Å². The van der Waals surface area contributed by atoms with Gasteiger partial charge in [0.05, 0.1) is 24.3 Å². The van der Waals surface area contributed by atoms with Crippen molar-refractivity contribution >= 4 is 16.5 Å². The molecule has 1 fully saturated rings. The maximum Gasteiger partial charge on any atom is 0.256 e. The summed E-state index contributed by atoms with van der Waals surface area (Å²) in [5.41, 5.74) is 1.66. The van der Waals surface area contributed by atoms with Crippen LogP contribution in [0.5, 0.6) is 5.75 Å². The molecule has 2 aromatic carbocycles. The quantitative estimate of drug-likeness (QED) is 0.753. The van der Waals surface area contributed by atoms with Gasteiger partial charge in [0.15, 0.2) is 0 Å².